The molecule has 1 fully saturated rings. The van der Waals surface area contributed by atoms with Crippen molar-refractivity contribution in [2.45, 2.75) is 39.2 Å². The molecule has 0 radical (unpaired) electrons. The lowest BCUT2D eigenvalue weighted by molar-refractivity contribution is 0.261. The van der Waals surface area contributed by atoms with Gasteiger partial charge in [0, 0.05) is 18.3 Å². The summed E-state index contributed by atoms with van der Waals surface area (Å²) in [6.45, 7) is 6.39. The number of hydrogen-bond donors (Lipinski definition) is 1. The predicted molar refractivity (Wildman–Crippen MR) is 85.5 cm³/mol. The lowest BCUT2D eigenvalue weighted by Gasteiger charge is -2.19. The summed E-state index contributed by atoms with van der Waals surface area (Å²) in [6.07, 6.45) is 3.85. The topological polar surface area (TPSA) is 24.5 Å². The van der Waals surface area contributed by atoms with Crippen molar-refractivity contribution in [1.29, 1.82) is 0 Å². The summed E-state index contributed by atoms with van der Waals surface area (Å²) >= 11 is 0. The van der Waals surface area contributed by atoms with Gasteiger partial charge >= 0.3 is 0 Å². The van der Waals surface area contributed by atoms with E-state index in [1.807, 2.05) is 0 Å². The van der Waals surface area contributed by atoms with E-state index in [2.05, 4.69) is 62.4 Å². The maximum atomic E-state index is 5.71. The summed E-state index contributed by atoms with van der Waals surface area (Å²) in [5, 5.41) is 3.63. The van der Waals surface area contributed by atoms with Gasteiger partial charge in [-0.3, -0.25) is 0 Å². The molecule has 1 aromatic rings. The van der Waals surface area contributed by atoms with Gasteiger partial charge in [0.25, 0.3) is 0 Å². The molecule has 0 bridgehead atoms. The van der Waals surface area contributed by atoms with Gasteiger partial charge in [0.15, 0.2) is 0 Å². The van der Waals surface area contributed by atoms with Crippen LogP contribution in [0.5, 0.6) is 5.75 Å². The fourth-order valence-electron chi connectivity index (χ4n) is 2.79. The van der Waals surface area contributed by atoms with Crippen molar-refractivity contribution in [3.63, 3.8) is 0 Å². The minimum absolute atomic E-state index is 0.493. The quantitative estimate of drug-likeness (QED) is 0.859. The smallest absolute Gasteiger partial charge is 0.119 e. The van der Waals surface area contributed by atoms with Crippen LogP contribution in [0.4, 0.5) is 5.69 Å². The molecule has 1 atom stereocenters. The van der Waals surface area contributed by atoms with E-state index in [0.717, 1.165) is 18.9 Å². The van der Waals surface area contributed by atoms with Crippen molar-refractivity contribution in [1.82, 2.24) is 4.90 Å². The molecule has 2 rings (SSSR count). The van der Waals surface area contributed by atoms with E-state index in [4.69, 9.17) is 4.74 Å². The van der Waals surface area contributed by atoms with Crippen LogP contribution in [0.2, 0.25) is 0 Å². The van der Waals surface area contributed by atoms with Crippen LogP contribution >= 0.6 is 0 Å². The maximum absolute atomic E-state index is 5.71. The van der Waals surface area contributed by atoms with Crippen LogP contribution in [-0.2, 0) is 0 Å². The number of likely N-dealkylation sites (N-methyl/N-ethyl adjacent to an activating group) is 1. The number of nitrogens with one attached hydrogen (secondary N) is 1. The molecule has 3 heteroatoms. The Balaban J connectivity index is 1.80. The van der Waals surface area contributed by atoms with E-state index >= 15 is 0 Å². The molecule has 0 heterocycles. The molecule has 1 unspecified atom stereocenters. The van der Waals surface area contributed by atoms with Gasteiger partial charge in [0.2, 0.25) is 0 Å². The highest BCUT2D eigenvalue weighted by molar-refractivity contribution is 5.47. The zero-order valence-corrected chi connectivity index (χ0v) is 13.3. The molecule has 3 nitrogen and oxygen atoms in total. The first-order chi connectivity index (χ1) is 9.44. The van der Waals surface area contributed by atoms with Gasteiger partial charge in [0.1, 0.15) is 12.4 Å². The van der Waals surface area contributed by atoms with E-state index in [1.165, 1.54) is 24.9 Å². The van der Waals surface area contributed by atoms with E-state index in [-0.39, 0.29) is 0 Å². The summed E-state index contributed by atoms with van der Waals surface area (Å²) in [5.41, 5.74) is 1.69. The number of ether oxygens (including phenoxy) is 1. The summed E-state index contributed by atoms with van der Waals surface area (Å²) < 4.78 is 5.71. The number of benzene rings is 1. The number of hydrogen-bond acceptors (Lipinski definition) is 3. The normalized spacial score (nSPS) is 21.1. The minimum Gasteiger partial charge on any atom is -0.492 e. The van der Waals surface area contributed by atoms with E-state index < -0.39 is 0 Å². The summed E-state index contributed by atoms with van der Waals surface area (Å²) in [6, 6.07) is 8.97. The predicted octanol–water partition coefficient (Wildman–Crippen LogP) is 3.62. The first kappa shape index (κ1) is 15.2. The molecular formula is C17H28N2O. The third-order valence-corrected chi connectivity index (χ3v) is 4.00. The minimum atomic E-state index is 0.493. The van der Waals surface area contributed by atoms with Crippen molar-refractivity contribution in [2.75, 3.05) is 32.6 Å². The second-order valence-corrected chi connectivity index (χ2v) is 6.92. The van der Waals surface area contributed by atoms with Crippen LogP contribution in [0.3, 0.4) is 0 Å². The molecule has 1 aliphatic carbocycles. The highest BCUT2D eigenvalue weighted by Crippen LogP contribution is 2.38. The summed E-state index contributed by atoms with van der Waals surface area (Å²) in [4.78, 5) is 2.12. The maximum Gasteiger partial charge on any atom is 0.119 e. The molecule has 1 N–H and O–H groups in total. The van der Waals surface area contributed by atoms with Crippen LogP contribution in [-0.4, -0.2) is 38.2 Å². The van der Waals surface area contributed by atoms with Crippen LogP contribution in [0.25, 0.3) is 0 Å². The average molecular weight is 276 g/mol. The van der Waals surface area contributed by atoms with E-state index in [0.29, 0.717) is 11.5 Å². The van der Waals surface area contributed by atoms with Crippen molar-refractivity contribution in [2.24, 2.45) is 5.41 Å². The van der Waals surface area contributed by atoms with Crippen LogP contribution < -0.4 is 10.1 Å². The zero-order chi connectivity index (χ0) is 14.6. The SMILES string of the molecule is CN(C)CCOc1ccc(NC2CCC(C)(C)C2)cc1. The molecule has 1 aromatic carbocycles. The van der Waals surface area contributed by atoms with E-state index in [9.17, 15) is 0 Å². The third kappa shape index (κ3) is 4.71. The molecule has 0 amide bonds. The molecular weight excluding hydrogens is 248 g/mol. The second kappa shape index (κ2) is 6.49. The van der Waals surface area contributed by atoms with Crippen LogP contribution in [0.15, 0.2) is 24.3 Å². The fraction of sp³-hybridized carbons (Fsp3) is 0.647. The molecule has 1 saturated carbocycles. The Bertz CT molecular complexity index is 412. The number of nitrogens with zero attached hydrogens (tertiary/aromatic N) is 1. The molecule has 112 valence electrons. The van der Waals surface area contributed by atoms with Crippen molar-refractivity contribution in [3.05, 3.63) is 24.3 Å². The Morgan fingerprint density at radius 2 is 1.95 bits per heavy atom. The molecule has 0 saturated heterocycles. The summed E-state index contributed by atoms with van der Waals surface area (Å²) in [7, 11) is 4.11. The Hall–Kier alpha value is -1.22. The lowest BCUT2D eigenvalue weighted by atomic mass is 9.92. The monoisotopic (exact) mass is 276 g/mol. The Morgan fingerprint density at radius 3 is 2.50 bits per heavy atom. The first-order valence-electron chi connectivity index (χ1n) is 7.59. The van der Waals surface area contributed by atoms with Crippen LogP contribution in [0, 0.1) is 5.41 Å². The average Bonchev–Trinajstić information content (AvgIpc) is 2.70. The molecule has 0 aliphatic heterocycles. The van der Waals surface area contributed by atoms with E-state index in [1.54, 1.807) is 0 Å². The van der Waals surface area contributed by atoms with Gasteiger partial charge in [-0.2, -0.15) is 0 Å². The van der Waals surface area contributed by atoms with Gasteiger partial charge < -0.3 is 15.0 Å². The highest BCUT2D eigenvalue weighted by atomic mass is 16.5. The van der Waals surface area contributed by atoms with Crippen molar-refractivity contribution < 1.29 is 4.74 Å². The van der Waals surface area contributed by atoms with Gasteiger partial charge in [0.05, 0.1) is 0 Å². The second-order valence-electron chi connectivity index (χ2n) is 6.92. The first-order valence-corrected chi connectivity index (χ1v) is 7.59. The fourth-order valence-corrected chi connectivity index (χ4v) is 2.79. The third-order valence-electron chi connectivity index (χ3n) is 4.00. The van der Waals surface area contributed by atoms with Gasteiger partial charge in [-0.1, -0.05) is 13.8 Å². The van der Waals surface area contributed by atoms with Crippen molar-refractivity contribution in [3.8, 4) is 5.75 Å². The standard InChI is InChI=1S/C17H28N2O/c1-17(2)10-9-15(13-17)18-14-5-7-16(8-6-14)20-12-11-19(3)4/h5-8,15,18H,9-13H2,1-4H3. The number of anilines is 1. The lowest BCUT2D eigenvalue weighted by Crippen LogP contribution is -2.19. The molecule has 1 aliphatic rings. The largest absolute Gasteiger partial charge is 0.492 e. The van der Waals surface area contributed by atoms with Crippen LogP contribution in [0.1, 0.15) is 33.1 Å². The molecule has 20 heavy (non-hydrogen) atoms. The molecule has 0 aromatic heterocycles. The molecule has 0 spiro atoms. The summed E-state index contributed by atoms with van der Waals surface area (Å²) in [5.74, 6) is 0.948. The zero-order valence-electron chi connectivity index (χ0n) is 13.3. The Kier molecular flexibility index (Phi) is 4.92. The Morgan fingerprint density at radius 1 is 1.25 bits per heavy atom. The van der Waals surface area contributed by atoms with Gasteiger partial charge in [-0.15, -0.1) is 0 Å². The Labute approximate surface area is 123 Å². The van der Waals surface area contributed by atoms with Gasteiger partial charge in [-0.05, 0) is 63.0 Å². The number of rotatable bonds is 6. The highest BCUT2D eigenvalue weighted by Gasteiger charge is 2.30. The van der Waals surface area contributed by atoms with Crippen molar-refractivity contribution >= 4 is 5.69 Å². The van der Waals surface area contributed by atoms with Gasteiger partial charge in [-0.25, -0.2) is 0 Å².